The van der Waals surface area contributed by atoms with Crippen LogP contribution >= 0.6 is 0 Å². The Hall–Kier alpha value is -3.47. The number of alkyl halides is 3. The van der Waals surface area contributed by atoms with Crippen LogP contribution in [0.2, 0.25) is 0 Å². The molecule has 1 aromatic carbocycles. The molecule has 1 unspecified atom stereocenters. The molecule has 0 radical (unpaired) electrons. The largest absolute Gasteiger partial charge is 0.493 e. The number of aromatic amines is 1. The Kier molecular flexibility index (Phi) is 6.35. The highest BCUT2D eigenvalue weighted by Gasteiger charge is 2.31. The Balaban J connectivity index is 1.32. The van der Waals surface area contributed by atoms with Crippen molar-refractivity contribution in [2.24, 2.45) is 0 Å². The predicted octanol–water partition coefficient (Wildman–Crippen LogP) is 3.05. The van der Waals surface area contributed by atoms with E-state index in [1.807, 2.05) is 0 Å². The summed E-state index contributed by atoms with van der Waals surface area (Å²) in [5.41, 5.74) is 0.889. The van der Waals surface area contributed by atoms with Gasteiger partial charge < -0.3 is 14.4 Å². The van der Waals surface area contributed by atoms with Crippen LogP contribution in [0.1, 0.15) is 33.5 Å². The first-order valence-corrected chi connectivity index (χ1v) is 9.91. The third kappa shape index (κ3) is 5.22. The van der Waals surface area contributed by atoms with Crippen LogP contribution in [0.25, 0.3) is 0 Å². The van der Waals surface area contributed by atoms with E-state index < -0.39 is 17.8 Å². The lowest BCUT2D eigenvalue weighted by Crippen LogP contribution is -2.42. The van der Waals surface area contributed by atoms with Crippen LogP contribution in [0, 0.1) is 0 Å². The highest BCUT2D eigenvalue weighted by Crippen LogP contribution is 2.31. The van der Waals surface area contributed by atoms with Crippen molar-refractivity contribution in [2.75, 3.05) is 26.3 Å². The molecule has 0 bridgehead atoms. The van der Waals surface area contributed by atoms with Crippen molar-refractivity contribution in [1.82, 2.24) is 25.1 Å². The Morgan fingerprint density at radius 2 is 2.16 bits per heavy atom. The number of H-pyrrole nitrogens is 1. The number of amides is 1. The lowest BCUT2D eigenvalue weighted by Gasteiger charge is -2.31. The Morgan fingerprint density at radius 3 is 2.94 bits per heavy atom. The normalized spacial score (nSPS) is 16.7. The topological polar surface area (TPSA) is 93.2 Å². The molecule has 1 aliphatic heterocycles. The molecule has 1 fully saturated rings. The fraction of sp³-hybridized carbons (Fsp3) is 0.333. The number of benzene rings is 1. The van der Waals surface area contributed by atoms with E-state index in [2.05, 4.69) is 20.2 Å². The van der Waals surface area contributed by atoms with E-state index in [4.69, 9.17) is 9.47 Å². The number of hydrogen-bond acceptors (Lipinski definition) is 6. The summed E-state index contributed by atoms with van der Waals surface area (Å²) in [7, 11) is 0. The van der Waals surface area contributed by atoms with E-state index in [9.17, 15) is 18.0 Å². The first-order chi connectivity index (χ1) is 15.4. The number of nitrogens with one attached hydrogen (secondary N) is 1. The molecule has 3 heterocycles. The van der Waals surface area contributed by atoms with Crippen molar-refractivity contribution < 1.29 is 27.4 Å². The van der Waals surface area contributed by atoms with E-state index in [1.54, 1.807) is 11.0 Å². The summed E-state index contributed by atoms with van der Waals surface area (Å²) in [6.45, 7) is 1.29. The quantitative estimate of drug-likeness (QED) is 0.625. The van der Waals surface area contributed by atoms with E-state index in [0.717, 1.165) is 17.8 Å². The number of hydrogen-bond donors (Lipinski definition) is 1. The van der Waals surface area contributed by atoms with Gasteiger partial charge in [0.1, 0.15) is 17.5 Å². The predicted molar refractivity (Wildman–Crippen MR) is 106 cm³/mol. The van der Waals surface area contributed by atoms with Gasteiger partial charge in [-0.05, 0) is 24.3 Å². The number of nitrogens with zero attached hydrogens (tertiary/aromatic N) is 4. The van der Waals surface area contributed by atoms with Gasteiger partial charge in [-0.3, -0.25) is 14.9 Å². The third-order valence-corrected chi connectivity index (χ3v) is 4.92. The minimum atomic E-state index is -4.42. The first kappa shape index (κ1) is 21.8. The molecule has 32 heavy (non-hydrogen) atoms. The summed E-state index contributed by atoms with van der Waals surface area (Å²) < 4.78 is 49.6. The average Bonchev–Trinajstić information content (AvgIpc) is 3.28. The summed E-state index contributed by atoms with van der Waals surface area (Å²) in [6, 6.07) is 6.55. The van der Waals surface area contributed by atoms with Crippen LogP contribution < -0.4 is 4.74 Å². The Bertz CT molecular complexity index is 1060. The van der Waals surface area contributed by atoms with E-state index in [-0.39, 0.29) is 24.0 Å². The SMILES string of the molecule is O=C(c1cnccn1)N1CCOC(c2cc(CCOc3cccc(C(F)(F)F)c3)[nH]n2)C1. The fourth-order valence-electron chi connectivity index (χ4n) is 3.30. The lowest BCUT2D eigenvalue weighted by molar-refractivity contribution is -0.137. The van der Waals surface area contributed by atoms with Crippen LogP contribution in [0.5, 0.6) is 5.75 Å². The summed E-state index contributed by atoms with van der Waals surface area (Å²) in [4.78, 5) is 22.2. The molecule has 4 rings (SSSR count). The molecule has 0 aliphatic carbocycles. The van der Waals surface area contributed by atoms with Crippen LogP contribution in [-0.4, -0.2) is 57.3 Å². The number of aromatic nitrogens is 4. The second-order valence-corrected chi connectivity index (χ2v) is 7.14. The third-order valence-electron chi connectivity index (χ3n) is 4.92. The summed E-state index contributed by atoms with van der Waals surface area (Å²) in [5, 5.41) is 7.14. The smallest absolute Gasteiger partial charge is 0.416 e. The van der Waals surface area contributed by atoms with Crippen LogP contribution in [0.15, 0.2) is 48.9 Å². The zero-order valence-corrected chi connectivity index (χ0v) is 16.9. The highest BCUT2D eigenvalue weighted by molar-refractivity contribution is 5.92. The average molecular weight is 447 g/mol. The molecule has 168 valence electrons. The first-order valence-electron chi connectivity index (χ1n) is 9.91. The molecule has 11 heteroatoms. The molecular formula is C21H20F3N5O3. The van der Waals surface area contributed by atoms with E-state index in [0.29, 0.717) is 31.8 Å². The van der Waals surface area contributed by atoms with Gasteiger partial charge in [0.15, 0.2) is 0 Å². The van der Waals surface area contributed by atoms with Crippen molar-refractivity contribution in [3.05, 3.63) is 71.6 Å². The molecule has 1 aliphatic rings. The number of rotatable bonds is 6. The maximum Gasteiger partial charge on any atom is 0.416 e. The highest BCUT2D eigenvalue weighted by atomic mass is 19.4. The van der Waals surface area contributed by atoms with Gasteiger partial charge in [-0.1, -0.05) is 6.07 Å². The maximum atomic E-state index is 12.8. The van der Waals surface area contributed by atoms with E-state index >= 15 is 0 Å². The summed E-state index contributed by atoms with van der Waals surface area (Å²) in [5.74, 6) is -0.0787. The molecule has 3 aromatic rings. The summed E-state index contributed by atoms with van der Waals surface area (Å²) in [6.07, 6.45) is -0.0194. The zero-order chi connectivity index (χ0) is 22.6. The van der Waals surface area contributed by atoms with Gasteiger partial charge in [0, 0.05) is 31.1 Å². The monoisotopic (exact) mass is 447 g/mol. The van der Waals surface area contributed by atoms with Gasteiger partial charge in [0.2, 0.25) is 0 Å². The minimum Gasteiger partial charge on any atom is -0.493 e. The molecular weight excluding hydrogens is 427 g/mol. The van der Waals surface area contributed by atoms with Gasteiger partial charge in [0.05, 0.1) is 37.2 Å². The molecule has 0 saturated carbocycles. The van der Waals surface area contributed by atoms with Crippen molar-refractivity contribution in [1.29, 1.82) is 0 Å². The lowest BCUT2D eigenvalue weighted by atomic mass is 10.1. The van der Waals surface area contributed by atoms with Crippen LogP contribution in [-0.2, 0) is 17.3 Å². The van der Waals surface area contributed by atoms with Gasteiger partial charge in [0.25, 0.3) is 5.91 Å². The second kappa shape index (κ2) is 9.35. The van der Waals surface area contributed by atoms with Crippen molar-refractivity contribution in [3.63, 3.8) is 0 Å². The molecule has 1 N–H and O–H groups in total. The van der Waals surface area contributed by atoms with Gasteiger partial charge in [-0.2, -0.15) is 18.3 Å². The number of carbonyl (C=O) groups excluding carboxylic acids is 1. The van der Waals surface area contributed by atoms with Crippen LogP contribution in [0.3, 0.4) is 0 Å². The van der Waals surface area contributed by atoms with Crippen molar-refractivity contribution >= 4 is 5.91 Å². The standard InChI is InChI=1S/C21H20F3N5O3/c22-21(23,24)14-2-1-3-16(10-14)31-8-4-15-11-17(28-27-15)19-13-29(7-9-32-19)20(30)18-12-25-5-6-26-18/h1-3,5-6,10-12,19H,4,7-9,13H2,(H,27,28). The maximum absolute atomic E-state index is 12.8. The molecule has 1 saturated heterocycles. The Morgan fingerprint density at radius 1 is 1.28 bits per heavy atom. The molecule has 1 atom stereocenters. The number of halogens is 3. The van der Waals surface area contributed by atoms with Crippen molar-refractivity contribution in [3.8, 4) is 5.75 Å². The van der Waals surface area contributed by atoms with Crippen LogP contribution in [0.4, 0.5) is 13.2 Å². The fourth-order valence-corrected chi connectivity index (χ4v) is 3.30. The zero-order valence-electron chi connectivity index (χ0n) is 16.9. The molecule has 1 amide bonds. The minimum absolute atomic E-state index is 0.147. The van der Waals surface area contributed by atoms with Gasteiger partial charge in [-0.25, -0.2) is 4.98 Å². The molecule has 2 aromatic heterocycles. The number of carbonyl (C=O) groups is 1. The number of morpholine rings is 1. The molecule has 8 nitrogen and oxygen atoms in total. The van der Waals surface area contributed by atoms with E-state index in [1.165, 1.54) is 30.7 Å². The van der Waals surface area contributed by atoms with Gasteiger partial charge >= 0.3 is 6.18 Å². The summed E-state index contributed by atoms with van der Waals surface area (Å²) >= 11 is 0. The van der Waals surface area contributed by atoms with Crippen molar-refractivity contribution in [2.45, 2.75) is 18.7 Å². The second-order valence-electron chi connectivity index (χ2n) is 7.14. The number of ether oxygens (including phenoxy) is 2. The Labute approximate surface area is 181 Å². The van der Waals surface area contributed by atoms with Gasteiger partial charge in [-0.15, -0.1) is 0 Å². The molecule has 0 spiro atoms.